The molecule has 1 aromatic heterocycles. The fourth-order valence-corrected chi connectivity index (χ4v) is 2.00. The molecular formula is C12H19N3O2. The van der Waals surface area contributed by atoms with Gasteiger partial charge in [-0.3, -0.25) is 0 Å². The highest BCUT2D eigenvalue weighted by Crippen LogP contribution is 2.24. The molecule has 0 saturated carbocycles. The molecule has 5 heteroatoms. The van der Waals surface area contributed by atoms with Gasteiger partial charge in [-0.1, -0.05) is 6.92 Å². The fourth-order valence-electron chi connectivity index (χ4n) is 2.00. The Bertz CT molecular complexity index is 396. The molecule has 0 spiro atoms. The number of aromatic nitrogens is 2. The fraction of sp³-hybridized carbons (Fsp3) is 0.667. The average Bonchev–Trinajstić information content (AvgIpc) is 2.36. The van der Waals surface area contributed by atoms with Crippen molar-refractivity contribution in [1.82, 2.24) is 9.97 Å². The van der Waals surface area contributed by atoms with Crippen molar-refractivity contribution < 1.29 is 9.47 Å². The lowest BCUT2D eigenvalue weighted by atomic mass is 10.1. The highest BCUT2D eigenvalue weighted by Gasteiger charge is 2.20. The van der Waals surface area contributed by atoms with Crippen LogP contribution in [0.25, 0.3) is 0 Å². The lowest BCUT2D eigenvalue weighted by Crippen LogP contribution is -2.19. The molecule has 1 aliphatic rings. The van der Waals surface area contributed by atoms with E-state index in [-0.39, 0.29) is 6.10 Å². The molecule has 17 heavy (non-hydrogen) atoms. The van der Waals surface area contributed by atoms with Crippen molar-refractivity contribution in [3.63, 3.8) is 0 Å². The Morgan fingerprint density at radius 2 is 2.24 bits per heavy atom. The molecule has 1 atom stereocenters. The SMILES string of the molecule is CCOC(CC)c1nc(N)c2c(n1)CCOC2. The molecule has 0 radical (unpaired) electrons. The van der Waals surface area contributed by atoms with E-state index in [4.69, 9.17) is 15.2 Å². The predicted octanol–water partition coefficient (Wildman–Crippen LogP) is 1.62. The van der Waals surface area contributed by atoms with Crippen molar-refractivity contribution in [2.45, 2.75) is 39.4 Å². The lowest BCUT2D eigenvalue weighted by molar-refractivity contribution is 0.0526. The summed E-state index contributed by atoms with van der Waals surface area (Å²) in [5.74, 6) is 1.23. The van der Waals surface area contributed by atoms with E-state index in [1.165, 1.54) is 0 Å². The van der Waals surface area contributed by atoms with Crippen LogP contribution in [-0.4, -0.2) is 23.2 Å². The molecule has 2 rings (SSSR count). The average molecular weight is 237 g/mol. The third kappa shape index (κ3) is 2.56. The van der Waals surface area contributed by atoms with Gasteiger partial charge in [0.05, 0.1) is 18.9 Å². The standard InChI is InChI=1S/C12H19N3O2/c1-3-10(17-4-2)12-14-9-5-6-16-7-8(9)11(13)15-12/h10H,3-7H2,1-2H3,(H2,13,14,15). The first kappa shape index (κ1) is 12.3. The highest BCUT2D eigenvalue weighted by atomic mass is 16.5. The molecule has 5 nitrogen and oxygen atoms in total. The third-order valence-corrected chi connectivity index (χ3v) is 2.90. The molecule has 0 aliphatic carbocycles. The molecular weight excluding hydrogens is 218 g/mol. The highest BCUT2D eigenvalue weighted by molar-refractivity contribution is 5.43. The van der Waals surface area contributed by atoms with E-state index in [9.17, 15) is 0 Å². The predicted molar refractivity (Wildman–Crippen MR) is 64.5 cm³/mol. The van der Waals surface area contributed by atoms with Crippen LogP contribution in [0.4, 0.5) is 5.82 Å². The summed E-state index contributed by atoms with van der Waals surface area (Å²) in [5.41, 5.74) is 7.89. The molecule has 0 bridgehead atoms. The Balaban J connectivity index is 2.32. The van der Waals surface area contributed by atoms with E-state index < -0.39 is 0 Å². The van der Waals surface area contributed by atoms with Crippen molar-refractivity contribution in [3.8, 4) is 0 Å². The Labute approximate surface area is 101 Å². The minimum atomic E-state index is -0.0598. The second kappa shape index (κ2) is 5.42. The molecule has 94 valence electrons. The Morgan fingerprint density at radius 1 is 1.41 bits per heavy atom. The van der Waals surface area contributed by atoms with Crippen molar-refractivity contribution in [1.29, 1.82) is 0 Å². The van der Waals surface area contributed by atoms with Gasteiger partial charge in [-0.05, 0) is 13.3 Å². The van der Waals surface area contributed by atoms with Crippen molar-refractivity contribution in [3.05, 3.63) is 17.1 Å². The number of fused-ring (bicyclic) bond motifs is 1. The molecule has 0 amide bonds. The summed E-state index contributed by atoms with van der Waals surface area (Å²) in [6.07, 6.45) is 1.59. The lowest BCUT2D eigenvalue weighted by Gasteiger charge is -2.20. The largest absolute Gasteiger partial charge is 0.383 e. The number of nitrogens with two attached hydrogens (primary N) is 1. The zero-order valence-corrected chi connectivity index (χ0v) is 10.4. The molecule has 1 aliphatic heterocycles. The van der Waals surface area contributed by atoms with E-state index in [0.717, 1.165) is 24.1 Å². The summed E-state index contributed by atoms with van der Waals surface area (Å²) < 4.78 is 11.0. The minimum absolute atomic E-state index is 0.0598. The second-order valence-corrected chi connectivity index (χ2v) is 4.05. The molecule has 0 fully saturated rings. The smallest absolute Gasteiger partial charge is 0.159 e. The summed E-state index contributed by atoms with van der Waals surface area (Å²) in [4.78, 5) is 8.91. The number of hydrogen-bond donors (Lipinski definition) is 1. The molecule has 2 N–H and O–H groups in total. The maximum Gasteiger partial charge on any atom is 0.159 e. The number of hydrogen-bond acceptors (Lipinski definition) is 5. The Hall–Kier alpha value is -1.20. The van der Waals surface area contributed by atoms with Crippen LogP contribution in [0.1, 0.15) is 43.5 Å². The van der Waals surface area contributed by atoms with Crippen LogP contribution in [0, 0.1) is 0 Å². The van der Waals surface area contributed by atoms with Crippen molar-refractivity contribution in [2.24, 2.45) is 0 Å². The van der Waals surface area contributed by atoms with Crippen LogP contribution in [0.2, 0.25) is 0 Å². The maximum absolute atomic E-state index is 5.94. The van der Waals surface area contributed by atoms with Crippen molar-refractivity contribution >= 4 is 5.82 Å². The van der Waals surface area contributed by atoms with Crippen LogP contribution >= 0.6 is 0 Å². The summed E-state index contributed by atoms with van der Waals surface area (Å²) >= 11 is 0. The van der Waals surface area contributed by atoms with Crippen LogP contribution in [0.5, 0.6) is 0 Å². The van der Waals surface area contributed by atoms with Crippen LogP contribution in [0.15, 0.2) is 0 Å². The normalized spacial score (nSPS) is 16.6. The Kier molecular flexibility index (Phi) is 3.91. The summed E-state index contributed by atoms with van der Waals surface area (Å²) in [6, 6.07) is 0. The Morgan fingerprint density at radius 3 is 2.94 bits per heavy atom. The molecule has 1 aromatic rings. The van der Waals surface area contributed by atoms with Crippen LogP contribution in [0.3, 0.4) is 0 Å². The summed E-state index contributed by atoms with van der Waals surface area (Å²) in [7, 11) is 0. The van der Waals surface area contributed by atoms with Gasteiger partial charge in [0.25, 0.3) is 0 Å². The topological polar surface area (TPSA) is 70.3 Å². The number of rotatable bonds is 4. The van der Waals surface area contributed by atoms with Gasteiger partial charge in [-0.25, -0.2) is 9.97 Å². The van der Waals surface area contributed by atoms with Gasteiger partial charge in [-0.15, -0.1) is 0 Å². The van der Waals surface area contributed by atoms with E-state index in [1.807, 2.05) is 6.92 Å². The van der Waals surface area contributed by atoms with Gasteiger partial charge in [0.1, 0.15) is 11.9 Å². The van der Waals surface area contributed by atoms with Gasteiger partial charge >= 0.3 is 0 Å². The van der Waals surface area contributed by atoms with Crippen molar-refractivity contribution in [2.75, 3.05) is 18.9 Å². The zero-order valence-electron chi connectivity index (χ0n) is 10.4. The van der Waals surface area contributed by atoms with Gasteiger partial charge in [0.15, 0.2) is 5.82 Å². The first-order valence-electron chi connectivity index (χ1n) is 6.10. The number of nitrogen functional groups attached to an aromatic ring is 1. The molecule has 0 aromatic carbocycles. The first-order chi connectivity index (χ1) is 8.26. The minimum Gasteiger partial charge on any atom is -0.383 e. The quantitative estimate of drug-likeness (QED) is 0.861. The monoisotopic (exact) mass is 237 g/mol. The first-order valence-corrected chi connectivity index (χ1v) is 6.10. The van der Waals surface area contributed by atoms with Gasteiger partial charge in [0.2, 0.25) is 0 Å². The number of anilines is 1. The third-order valence-electron chi connectivity index (χ3n) is 2.90. The van der Waals surface area contributed by atoms with E-state index in [0.29, 0.717) is 31.5 Å². The molecule has 1 unspecified atom stereocenters. The number of ether oxygens (including phenoxy) is 2. The van der Waals surface area contributed by atoms with Gasteiger partial charge < -0.3 is 15.2 Å². The zero-order chi connectivity index (χ0) is 12.3. The van der Waals surface area contributed by atoms with Gasteiger partial charge in [0, 0.05) is 18.6 Å². The van der Waals surface area contributed by atoms with Crippen LogP contribution in [-0.2, 0) is 22.5 Å². The summed E-state index contributed by atoms with van der Waals surface area (Å²) in [5, 5.41) is 0. The maximum atomic E-state index is 5.94. The van der Waals surface area contributed by atoms with Crippen LogP contribution < -0.4 is 5.73 Å². The van der Waals surface area contributed by atoms with E-state index in [2.05, 4.69) is 16.9 Å². The van der Waals surface area contributed by atoms with E-state index >= 15 is 0 Å². The molecule has 0 saturated heterocycles. The van der Waals surface area contributed by atoms with Gasteiger partial charge in [-0.2, -0.15) is 0 Å². The summed E-state index contributed by atoms with van der Waals surface area (Å²) in [6.45, 7) is 5.91. The van der Waals surface area contributed by atoms with E-state index in [1.54, 1.807) is 0 Å². The molecule has 2 heterocycles. The number of nitrogens with zero attached hydrogens (tertiary/aromatic N) is 2. The second-order valence-electron chi connectivity index (χ2n) is 4.05.